The molecule has 4 rings (SSSR count). The van der Waals surface area contributed by atoms with Crippen LogP contribution in [0.3, 0.4) is 0 Å². The first-order valence-corrected chi connectivity index (χ1v) is 8.31. The normalized spacial score (nSPS) is 44.9. The van der Waals surface area contributed by atoms with Crippen molar-refractivity contribution in [1.29, 1.82) is 0 Å². The summed E-state index contributed by atoms with van der Waals surface area (Å²) >= 11 is 1.97. The average Bonchev–Trinajstić information content (AvgIpc) is 2.27. The second-order valence-electron chi connectivity index (χ2n) is 6.71. The van der Waals surface area contributed by atoms with E-state index in [0.717, 1.165) is 29.3 Å². The number of nitrogens with two attached hydrogens (primary N) is 1. The molecule has 0 saturated heterocycles. The van der Waals surface area contributed by atoms with Gasteiger partial charge in [-0.2, -0.15) is 11.8 Å². The van der Waals surface area contributed by atoms with E-state index in [1.54, 1.807) is 0 Å². The van der Waals surface area contributed by atoms with Crippen LogP contribution in [0, 0.1) is 23.2 Å². The van der Waals surface area contributed by atoms with E-state index < -0.39 is 0 Å². The van der Waals surface area contributed by atoms with Gasteiger partial charge in [-0.05, 0) is 61.7 Å². The van der Waals surface area contributed by atoms with Crippen molar-refractivity contribution >= 4 is 11.8 Å². The Bertz CT molecular complexity index is 264. The van der Waals surface area contributed by atoms with Crippen LogP contribution >= 0.6 is 11.8 Å². The molecule has 1 atom stereocenters. The van der Waals surface area contributed by atoms with Gasteiger partial charge in [-0.1, -0.05) is 6.08 Å². The number of hydrogen-bond donors (Lipinski definition) is 1. The summed E-state index contributed by atoms with van der Waals surface area (Å²) < 4.78 is 0. The standard InChI is InChI=1S/C15H25NS/c1-2-3-17-10-14(16)15-7-11-4-12(8-15)6-13(5-11)9-15/h2,11-14H,1,3-10,16H2. The maximum atomic E-state index is 6.56. The lowest BCUT2D eigenvalue weighted by molar-refractivity contribution is -0.0629. The molecular weight excluding hydrogens is 226 g/mol. The highest BCUT2D eigenvalue weighted by Crippen LogP contribution is 2.61. The smallest absolute Gasteiger partial charge is 0.0187 e. The SMILES string of the molecule is C=CCSCC(N)C12CC3CC(CC(C3)C1)C2. The molecule has 4 saturated carbocycles. The fourth-order valence-electron chi connectivity index (χ4n) is 5.09. The van der Waals surface area contributed by atoms with E-state index in [4.69, 9.17) is 5.73 Å². The second kappa shape index (κ2) is 4.62. The van der Waals surface area contributed by atoms with E-state index in [2.05, 4.69) is 6.58 Å². The predicted octanol–water partition coefficient (Wildman–Crippen LogP) is 3.45. The van der Waals surface area contributed by atoms with E-state index in [-0.39, 0.29) is 0 Å². The second-order valence-corrected chi connectivity index (χ2v) is 7.79. The first-order chi connectivity index (χ1) is 8.22. The molecule has 4 bridgehead atoms. The van der Waals surface area contributed by atoms with E-state index in [1.807, 2.05) is 17.8 Å². The minimum atomic E-state index is 0.431. The van der Waals surface area contributed by atoms with Gasteiger partial charge in [0, 0.05) is 17.5 Å². The van der Waals surface area contributed by atoms with Gasteiger partial charge in [0.25, 0.3) is 0 Å². The quantitative estimate of drug-likeness (QED) is 0.598. The third-order valence-corrected chi connectivity index (χ3v) is 6.47. The number of hydrogen-bond acceptors (Lipinski definition) is 2. The molecule has 2 heteroatoms. The van der Waals surface area contributed by atoms with Crippen molar-refractivity contribution < 1.29 is 0 Å². The summed E-state index contributed by atoms with van der Waals surface area (Å²) in [4.78, 5) is 0. The zero-order valence-corrected chi connectivity index (χ0v) is 11.6. The molecule has 2 N–H and O–H groups in total. The Morgan fingerprint density at radius 1 is 1.18 bits per heavy atom. The van der Waals surface area contributed by atoms with Crippen molar-refractivity contribution in [3.05, 3.63) is 12.7 Å². The van der Waals surface area contributed by atoms with Gasteiger partial charge in [-0.3, -0.25) is 0 Å². The summed E-state index contributed by atoms with van der Waals surface area (Å²) in [7, 11) is 0. The highest BCUT2D eigenvalue weighted by molar-refractivity contribution is 7.99. The number of thioether (sulfide) groups is 1. The molecule has 0 aliphatic heterocycles. The van der Waals surface area contributed by atoms with Crippen LogP contribution in [0.4, 0.5) is 0 Å². The monoisotopic (exact) mass is 251 g/mol. The van der Waals surface area contributed by atoms with Crippen LogP contribution in [0.25, 0.3) is 0 Å². The van der Waals surface area contributed by atoms with Crippen molar-refractivity contribution in [2.45, 2.75) is 44.6 Å². The fourth-order valence-corrected chi connectivity index (χ4v) is 6.00. The van der Waals surface area contributed by atoms with Gasteiger partial charge in [0.2, 0.25) is 0 Å². The minimum absolute atomic E-state index is 0.431. The van der Waals surface area contributed by atoms with E-state index >= 15 is 0 Å². The molecule has 0 amide bonds. The molecule has 96 valence electrons. The Morgan fingerprint density at radius 2 is 1.71 bits per heavy atom. The lowest BCUT2D eigenvalue weighted by Crippen LogP contribution is -2.55. The molecule has 0 aromatic heterocycles. The maximum Gasteiger partial charge on any atom is 0.0187 e. The van der Waals surface area contributed by atoms with Gasteiger partial charge >= 0.3 is 0 Å². The van der Waals surface area contributed by atoms with Gasteiger partial charge in [-0.25, -0.2) is 0 Å². The van der Waals surface area contributed by atoms with Gasteiger partial charge in [-0.15, -0.1) is 6.58 Å². The summed E-state index contributed by atoms with van der Waals surface area (Å²) in [6.45, 7) is 3.79. The summed E-state index contributed by atoms with van der Waals surface area (Å²) in [5.74, 6) is 5.27. The molecule has 1 unspecified atom stereocenters. The minimum Gasteiger partial charge on any atom is -0.326 e. The highest BCUT2D eigenvalue weighted by Gasteiger charge is 2.53. The van der Waals surface area contributed by atoms with Crippen LogP contribution in [0.15, 0.2) is 12.7 Å². The molecule has 4 fully saturated rings. The third-order valence-electron chi connectivity index (χ3n) is 5.41. The summed E-state index contributed by atoms with van der Waals surface area (Å²) in [5, 5.41) is 0. The highest BCUT2D eigenvalue weighted by atomic mass is 32.2. The molecule has 4 aliphatic rings. The maximum absolute atomic E-state index is 6.56. The topological polar surface area (TPSA) is 26.0 Å². The number of rotatable bonds is 5. The van der Waals surface area contributed by atoms with Crippen molar-refractivity contribution in [3.63, 3.8) is 0 Å². The Hall–Kier alpha value is 0.0500. The van der Waals surface area contributed by atoms with Crippen molar-refractivity contribution in [3.8, 4) is 0 Å². The van der Waals surface area contributed by atoms with Crippen LogP contribution in [0.2, 0.25) is 0 Å². The Balaban J connectivity index is 1.66. The van der Waals surface area contributed by atoms with Crippen LogP contribution in [0.1, 0.15) is 38.5 Å². The lowest BCUT2D eigenvalue weighted by Gasteiger charge is -2.59. The molecule has 0 heterocycles. The molecule has 0 radical (unpaired) electrons. The third kappa shape index (κ3) is 2.19. The van der Waals surface area contributed by atoms with Crippen LogP contribution in [-0.2, 0) is 0 Å². The average molecular weight is 251 g/mol. The van der Waals surface area contributed by atoms with Crippen molar-refractivity contribution in [1.82, 2.24) is 0 Å². The van der Waals surface area contributed by atoms with Crippen molar-refractivity contribution in [2.75, 3.05) is 11.5 Å². The lowest BCUT2D eigenvalue weighted by atomic mass is 9.48. The summed E-state index contributed by atoms with van der Waals surface area (Å²) in [5.41, 5.74) is 7.09. The molecular formula is C15H25NS. The van der Waals surface area contributed by atoms with Crippen LogP contribution < -0.4 is 5.73 Å². The molecule has 0 aromatic rings. The zero-order valence-electron chi connectivity index (χ0n) is 10.7. The van der Waals surface area contributed by atoms with Gasteiger partial charge in [0.05, 0.1) is 0 Å². The Labute approximate surface area is 110 Å². The fraction of sp³-hybridized carbons (Fsp3) is 0.867. The van der Waals surface area contributed by atoms with Gasteiger partial charge < -0.3 is 5.73 Å². The largest absolute Gasteiger partial charge is 0.326 e. The van der Waals surface area contributed by atoms with Crippen LogP contribution in [-0.4, -0.2) is 17.5 Å². The summed E-state index contributed by atoms with van der Waals surface area (Å²) in [6, 6.07) is 0.431. The van der Waals surface area contributed by atoms with E-state index in [0.29, 0.717) is 11.5 Å². The Kier molecular flexibility index (Phi) is 3.29. The zero-order chi connectivity index (χ0) is 11.9. The molecule has 0 aromatic carbocycles. The molecule has 17 heavy (non-hydrogen) atoms. The van der Waals surface area contributed by atoms with Gasteiger partial charge in [0.15, 0.2) is 0 Å². The molecule has 1 nitrogen and oxygen atoms in total. The Morgan fingerprint density at radius 3 is 2.18 bits per heavy atom. The first-order valence-electron chi connectivity index (χ1n) is 7.16. The van der Waals surface area contributed by atoms with Gasteiger partial charge in [0.1, 0.15) is 0 Å². The predicted molar refractivity (Wildman–Crippen MR) is 76.1 cm³/mol. The van der Waals surface area contributed by atoms with E-state index in [1.165, 1.54) is 38.5 Å². The first kappa shape index (κ1) is 12.1. The van der Waals surface area contributed by atoms with Crippen molar-refractivity contribution in [2.24, 2.45) is 28.9 Å². The molecule has 0 spiro atoms. The van der Waals surface area contributed by atoms with E-state index in [9.17, 15) is 0 Å². The molecule has 4 aliphatic carbocycles. The van der Waals surface area contributed by atoms with Crippen LogP contribution in [0.5, 0.6) is 0 Å². The summed E-state index contributed by atoms with van der Waals surface area (Å²) in [6.07, 6.45) is 10.9.